The van der Waals surface area contributed by atoms with Gasteiger partial charge in [-0.25, -0.2) is 4.79 Å². The van der Waals surface area contributed by atoms with Crippen LogP contribution in [0.4, 0.5) is 4.79 Å². The number of hydrogen-bond acceptors (Lipinski definition) is 4. The Labute approximate surface area is 216 Å². The van der Waals surface area contributed by atoms with Crippen molar-refractivity contribution < 1.29 is 19.1 Å². The lowest BCUT2D eigenvalue weighted by atomic mass is 10.1. The Morgan fingerprint density at radius 1 is 1.06 bits per heavy atom. The molecule has 0 aliphatic carbocycles. The number of hydrogen-bond donors (Lipinski definition) is 1. The number of methoxy groups -OCH3 is 1. The van der Waals surface area contributed by atoms with Gasteiger partial charge in [-0.3, -0.25) is 9.69 Å². The number of halogens is 2. The highest BCUT2D eigenvalue weighted by atomic mass is 127. The Bertz CT molecular complexity index is 1270. The van der Waals surface area contributed by atoms with Crippen LogP contribution in [0.3, 0.4) is 0 Å². The maximum Gasteiger partial charge on any atom is 0.329 e. The van der Waals surface area contributed by atoms with Crippen molar-refractivity contribution in [2.24, 2.45) is 0 Å². The zero-order valence-corrected chi connectivity index (χ0v) is 21.5. The minimum absolute atomic E-state index is 0.170. The van der Waals surface area contributed by atoms with Crippen molar-refractivity contribution in [1.29, 1.82) is 0 Å². The quantitative estimate of drug-likeness (QED) is 0.211. The third-order valence-corrected chi connectivity index (χ3v) is 6.24. The van der Waals surface area contributed by atoms with E-state index < -0.39 is 11.9 Å². The number of rotatable bonds is 7. The second kappa shape index (κ2) is 10.5. The van der Waals surface area contributed by atoms with Crippen LogP contribution in [0, 0.1) is 10.5 Å². The maximum atomic E-state index is 12.9. The molecule has 1 aliphatic heterocycles. The van der Waals surface area contributed by atoms with Gasteiger partial charge in [-0.05, 0) is 76.5 Å². The van der Waals surface area contributed by atoms with Gasteiger partial charge in [-0.2, -0.15) is 0 Å². The van der Waals surface area contributed by atoms with E-state index in [1.807, 2.05) is 55.5 Å². The smallest absolute Gasteiger partial charge is 0.329 e. The Balaban J connectivity index is 1.53. The first kappa shape index (κ1) is 24.1. The van der Waals surface area contributed by atoms with Crippen LogP contribution in [-0.2, 0) is 17.9 Å². The second-order valence-corrected chi connectivity index (χ2v) is 9.47. The summed E-state index contributed by atoms with van der Waals surface area (Å²) in [7, 11) is 1.52. The van der Waals surface area contributed by atoms with Gasteiger partial charge >= 0.3 is 6.03 Å². The van der Waals surface area contributed by atoms with Crippen LogP contribution in [-0.4, -0.2) is 23.9 Å². The molecule has 0 bridgehead atoms. The minimum atomic E-state index is -0.465. The summed E-state index contributed by atoms with van der Waals surface area (Å²) in [6.45, 7) is 2.49. The highest BCUT2D eigenvalue weighted by Gasteiger charge is 2.33. The van der Waals surface area contributed by atoms with Crippen LogP contribution in [0.2, 0.25) is 5.02 Å². The Hall–Kier alpha value is -3.04. The van der Waals surface area contributed by atoms with E-state index in [1.54, 1.807) is 18.2 Å². The van der Waals surface area contributed by atoms with Gasteiger partial charge in [0.15, 0.2) is 11.5 Å². The lowest BCUT2D eigenvalue weighted by Crippen LogP contribution is -2.30. The molecule has 3 aromatic rings. The fourth-order valence-corrected chi connectivity index (χ4v) is 4.21. The number of benzene rings is 3. The van der Waals surface area contributed by atoms with Gasteiger partial charge in [0, 0.05) is 3.57 Å². The van der Waals surface area contributed by atoms with Crippen molar-refractivity contribution in [3.63, 3.8) is 0 Å². The molecule has 4 rings (SSSR count). The minimum Gasteiger partial charge on any atom is -0.493 e. The third kappa shape index (κ3) is 5.53. The summed E-state index contributed by atoms with van der Waals surface area (Å²) < 4.78 is 12.5. The molecule has 3 aromatic carbocycles. The normalized spacial score (nSPS) is 14.5. The number of ether oxygens (including phenoxy) is 2. The SMILES string of the molecule is COc1cc(/C=C2/NC(=O)N(Cc3cccc(C)c3)C2=O)cc(Cl)c1OCc1ccc(I)cc1. The molecule has 3 amide bonds. The van der Waals surface area contributed by atoms with E-state index in [0.717, 1.165) is 20.3 Å². The lowest BCUT2D eigenvalue weighted by molar-refractivity contribution is -0.123. The average molecular weight is 589 g/mol. The molecule has 1 saturated heterocycles. The summed E-state index contributed by atoms with van der Waals surface area (Å²) in [5.41, 5.74) is 3.71. The molecule has 0 spiro atoms. The maximum absolute atomic E-state index is 12.9. The fourth-order valence-electron chi connectivity index (χ4n) is 3.57. The fraction of sp³-hybridized carbons (Fsp3) is 0.154. The molecule has 1 fully saturated rings. The molecule has 34 heavy (non-hydrogen) atoms. The molecule has 6 nitrogen and oxygen atoms in total. The summed E-state index contributed by atoms with van der Waals surface area (Å²) in [5.74, 6) is 0.437. The summed E-state index contributed by atoms with van der Waals surface area (Å²) in [6, 6.07) is 18.6. The molecule has 0 radical (unpaired) electrons. The lowest BCUT2D eigenvalue weighted by Gasteiger charge is -2.14. The van der Waals surface area contributed by atoms with Crippen LogP contribution in [0.1, 0.15) is 22.3 Å². The zero-order chi connectivity index (χ0) is 24.2. The number of nitrogens with zero attached hydrogens (tertiary/aromatic N) is 1. The summed E-state index contributed by atoms with van der Waals surface area (Å²) in [5, 5.41) is 2.98. The topological polar surface area (TPSA) is 67.9 Å². The summed E-state index contributed by atoms with van der Waals surface area (Å²) in [6.07, 6.45) is 1.58. The molecule has 1 heterocycles. The van der Waals surface area contributed by atoms with E-state index in [2.05, 4.69) is 27.9 Å². The number of aryl methyl sites for hydroxylation is 1. The Kier molecular flexibility index (Phi) is 7.43. The van der Waals surface area contributed by atoms with Gasteiger partial charge < -0.3 is 14.8 Å². The highest BCUT2D eigenvalue weighted by molar-refractivity contribution is 14.1. The summed E-state index contributed by atoms with van der Waals surface area (Å²) in [4.78, 5) is 26.5. The predicted molar refractivity (Wildman–Crippen MR) is 140 cm³/mol. The molecule has 1 aliphatic rings. The van der Waals surface area contributed by atoms with Crippen molar-refractivity contribution in [3.8, 4) is 11.5 Å². The second-order valence-electron chi connectivity index (χ2n) is 7.82. The number of nitrogens with one attached hydrogen (secondary N) is 1. The standard InChI is InChI=1S/C26H22ClIN2O4/c1-16-4-3-5-18(10-16)14-30-25(31)22(29-26(30)32)12-19-11-21(27)24(23(13-19)33-2)34-15-17-6-8-20(28)9-7-17/h3-13H,14-15H2,1-2H3,(H,29,32)/b22-12+. The van der Waals surface area contributed by atoms with E-state index in [4.69, 9.17) is 21.1 Å². The Morgan fingerprint density at radius 2 is 1.82 bits per heavy atom. The van der Waals surface area contributed by atoms with E-state index in [0.29, 0.717) is 28.7 Å². The molecule has 0 saturated carbocycles. The number of imide groups is 1. The molecular formula is C26H22ClIN2O4. The monoisotopic (exact) mass is 588 g/mol. The van der Waals surface area contributed by atoms with Gasteiger partial charge in [0.05, 0.1) is 18.7 Å². The number of urea groups is 1. The molecule has 0 unspecified atom stereocenters. The van der Waals surface area contributed by atoms with Crippen LogP contribution < -0.4 is 14.8 Å². The van der Waals surface area contributed by atoms with Crippen molar-refractivity contribution in [1.82, 2.24) is 10.2 Å². The van der Waals surface area contributed by atoms with Gasteiger partial charge in [0.1, 0.15) is 12.3 Å². The molecule has 1 N–H and O–H groups in total. The van der Waals surface area contributed by atoms with Gasteiger partial charge in [-0.15, -0.1) is 0 Å². The molecule has 8 heteroatoms. The Morgan fingerprint density at radius 3 is 2.53 bits per heavy atom. The van der Waals surface area contributed by atoms with Crippen LogP contribution in [0.25, 0.3) is 6.08 Å². The largest absolute Gasteiger partial charge is 0.493 e. The number of amides is 3. The first-order chi connectivity index (χ1) is 16.3. The predicted octanol–water partition coefficient (Wildman–Crippen LogP) is 5.93. The first-order valence-corrected chi connectivity index (χ1v) is 11.9. The van der Waals surface area contributed by atoms with Crippen molar-refractivity contribution in [3.05, 3.63) is 97.2 Å². The van der Waals surface area contributed by atoms with E-state index in [-0.39, 0.29) is 12.2 Å². The van der Waals surface area contributed by atoms with Gasteiger partial charge in [-0.1, -0.05) is 53.6 Å². The van der Waals surface area contributed by atoms with Crippen molar-refractivity contribution in [2.45, 2.75) is 20.1 Å². The zero-order valence-electron chi connectivity index (χ0n) is 18.6. The molecular weight excluding hydrogens is 567 g/mol. The van der Waals surface area contributed by atoms with E-state index >= 15 is 0 Å². The van der Waals surface area contributed by atoms with Crippen LogP contribution in [0.15, 0.2) is 66.4 Å². The molecule has 174 valence electrons. The molecule has 0 atom stereocenters. The third-order valence-electron chi connectivity index (χ3n) is 5.24. The van der Waals surface area contributed by atoms with Crippen LogP contribution >= 0.6 is 34.2 Å². The molecule has 0 aromatic heterocycles. The first-order valence-electron chi connectivity index (χ1n) is 10.5. The van der Waals surface area contributed by atoms with Crippen molar-refractivity contribution >= 4 is 52.2 Å². The summed E-state index contributed by atoms with van der Waals surface area (Å²) >= 11 is 8.73. The van der Waals surface area contributed by atoms with Gasteiger partial charge in [0.2, 0.25) is 0 Å². The van der Waals surface area contributed by atoms with Gasteiger partial charge in [0.25, 0.3) is 5.91 Å². The van der Waals surface area contributed by atoms with Crippen molar-refractivity contribution in [2.75, 3.05) is 7.11 Å². The van der Waals surface area contributed by atoms with E-state index in [9.17, 15) is 9.59 Å². The van der Waals surface area contributed by atoms with Crippen LogP contribution in [0.5, 0.6) is 11.5 Å². The number of carbonyl (C=O) groups is 2. The van der Waals surface area contributed by atoms with E-state index in [1.165, 1.54) is 12.0 Å². The average Bonchev–Trinajstić information content (AvgIpc) is 3.06. The number of carbonyl (C=O) groups excluding carboxylic acids is 2. The highest BCUT2D eigenvalue weighted by Crippen LogP contribution is 2.37.